The van der Waals surface area contributed by atoms with Gasteiger partial charge in [0.2, 0.25) is 0 Å². The van der Waals surface area contributed by atoms with E-state index >= 15 is 0 Å². The highest BCUT2D eigenvalue weighted by Crippen LogP contribution is 2.30. The second-order valence-electron chi connectivity index (χ2n) is 14.5. The fourth-order valence-electron chi connectivity index (χ4n) is 7.52. The number of nitrogens with zero attached hydrogens (tertiary/aromatic N) is 2. The molecule has 0 saturated heterocycles. The zero-order valence-corrected chi connectivity index (χ0v) is 34.7. The van der Waals surface area contributed by atoms with Crippen molar-refractivity contribution >= 4 is 65.2 Å². The number of hydrogen-bond acceptors (Lipinski definition) is 2. The lowest BCUT2D eigenvalue weighted by Gasteiger charge is -2.03. The van der Waals surface area contributed by atoms with E-state index in [9.17, 15) is 0 Å². The van der Waals surface area contributed by atoms with E-state index in [2.05, 4.69) is 175 Å². The molecular formula is C52H56N2S2. The molecule has 0 aliphatic rings. The molecule has 2 heterocycles. The number of hydrogen-bond donors (Lipinski definition) is 0. The minimum atomic E-state index is 0.671. The van der Waals surface area contributed by atoms with Crippen LogP contribution >= 0.6 is 21.6 Å². The summed E-state index contributed by atoms with van der Waals surface area (Å²) in [5.41, 5.74) is 4.95. The smallest absolute Gasteiger partial charge is 0.0853 e. The molecule has 0 spiro atoms. The van der Waals surface area contributed by atoms with Crippen molar-refractivity contribution in [3.63, 3.8) is 0 Å². The summed E-state index contributed by atoms with van der Waals surface area (Å²) in [6, 6.07) is 34.3. The molecule has 6 rings (SSSR count). The van der Waals surface area contributed by atoms with Gasteiger partial charge in [-0.1, -0.05) is 182 Å². The Labute approximate surface area is 344 Å². The van der Waals surface area contributed by atoms with Crippen molar-refractivity contribution in [1.29, 1.82) is 0 Å². The summed E-state index contributed by atoms with van der Waals surface area (Å²) in [4.78, 5) is 0. The van der Waals surface area contributed by atoms with Crippen LogP contribution in [0.3, 0.4) is 0 Å². The average Bonchev–Trinajstić information content (AvgIpc) is 3.73. The van der Waals surface area contributed by atoms with Crippen LogP contribution in [0.4, 0.5) is 0 Å². The molecule has 4 heteroatoms. The van der Waals surface area contributed by atoms with Gasteiger partial charge in [0.15, 0.2) is 0 Å². The molecule has 4 aromatic carbocycles. The van der Waals surface area contributed by atoms with Gasteiger partial charge in [-0.15, -0.1) is 0 Å². The molecule has 0 N–H and O–H groups in total. The van der Waals surface area contributed by atoms with Gasteiger partial charge >= 0.3 is 0 Å². The van der Waals surface area contributed by atoms with Gasteiger partial charge < -0.3 is 9.13 Å². The molecule has 0 bridgehead atoms. The van der Waals surface area contributed by atoms with Crippen LogP contribution in [0, 0.1) is 47.4 Å². The third-order valence-corrected chi connectivity index (χ3v) is 13.0. The normalized spacial score (nSPS) is 10.8. The SMILES string of the molecule is C(C#CCn1c2ccccc2c2ccccc21)#CCCCCCCCCCSSCCCCCCCCCC#CC#CCn1c2ccccc2c2ccccc21. The van der Waals surface area contributed by atoms with Gasteiger partial charge in [-0.05, 0) is 73.6 Å². The molecular weight excluding hydrogens is 717 g/mol. The first kappa shape index (κ1) is 41.1. The predicted octanol–water partition coefficient (Wildman–Crippen LogP) is 14.2. The molecule has 2 aromatic heterocycles. The number of fused-ring (bicyclic) bond motifs is 6. The summed E-state index contributed by atoms with van der Waals surface area (Å²) in [6.07, 6.45) is 20.4. The van der Waals surface area contributed by atoms with Gasteiger partial charge in [-0.25, -0.2) is 0 Å². The Hall–Kier alpha value is -4.58. The molecule has 0 unspecified atom stereocenters. The molecule has 0 aliphatic carbocycles. The Morgan fingerprint density at radius 1 is 0.321 bits per heavy atom. The standard InChI is InChI=1S/C52H56N2S2/c1(5-9-13-17-29-41-53-49-37-25-21-33-45(49)46-34-22-26-38-50(46)53)3-7-11-15-19-31-43-55-56-44-32-20-16-12-8-4-2-6-10-14-18-30-42-54-51-39-27-23-35-47(51)48-36-24-28-40-52(48)54/h21-28,33-40H,1-8,11-12,15-16,19-20,31-32,41-44H2. The van der Waals surface area contributed by atoms with Crippen molar-refractivity contribution in [2.75, 3.05) is 11.5 Å². The zero-order chi connectivity index (χ0) is 38.3. The van der Waals surface area contributed by atoms with E-state index in [1.165, 1.54) is 145 Å². The van der Waals surface area contributed by atoms with Crippen molar-refractivity contribution in [3.05, 3.63) is 97.1 Å². The topological polar surface area (TPSA) is 9.86 Å². The second-order valence-corrected chi connectivity index (χ2v) is 17.2. The Morgan fingerprint density at radius 2 is 0.607 bits per heavy atom. The summed E-state index contributed by atoms with van der Waals surface area (Å²) in [6.45, 7) is 1.34. The summed E-state index contributed by atoms with van der Waals surface area (Å²) in [7, 11) is 4.17. The van der Waals surface area contributed by atoms with Gasteiger partial charge in [0.1, 0.15) is 0 Å². The quantitative estimate of drug-likeness (QED) is 0.0410. The van der Waals surface area contributed by atoms with E-state index in [0.717, 1.165) is 12.8 Å². The van der Waals surface area contributed by atoms with Crippen LogP contribution in [-0.4, -0.2) is 20.6 Å². The molecule has 0 radical (unpaired) electrons. The largest absolute Gasteiger partial charge is 0.329 e. The zero-order valence-electron chi connectivity index (χ0n) is 33.1. The molecule has 0 atom stereocenters. The van der Waals surface area contributed by atoms with Crippen LogP contribution in [0.2, 0.25) is 0 Å². The number of aromatic nitrogens is 2. The number of unbranched alkanes of at least 4 members (excludes halogenated alkanes) is 14. The Morgan fingerprint density at radius 3 is 0.964 bits per heavy atom. The molecule has 0 amide bonds. The van der Waals surface area contributed by atoms with Crippen molar-refractivity contribution in [2.45, 2.75) is 116 Å². The Balaban J connectivity index is 0.681. The number of benzene rings is 4. The lowest BCUT2D eigenvalue weighted by molar-refractivity contribution is 0.595. The maximum absolute atomic E-state index is 3.28. The average molecular weight is 773 g/mol. The Bertz CT molecular complexity index is 2110. The van der Waals surface area contributed by atoms with Crippen LogP contribution in [0.5, 0.6) is 0 Å². The van der Waals surface area contributed by atoms with Gasteiger partial charge in [0.25, 0.3) is 0 Å². The fourth-order valence-corrected chi connectivity index (χ4v) is 9.81. The van der Waals surface area contributed by atoms with Crippen molar-refractivity contribution in [3.8, 4) is 47.4 Å². The first-order valence-electron chi connectivity index (χ1n) is 21.0. The predicted molar refractivity (Wildman–Crippen MR) is 249 cm³/mol. The lowest BCUT2D eigenvalue weighted by atomic mass is 10.1. The highest BCUT2D eigenvalue weighted by Gasteiger charge is 2.09. The van der Waals surface area contributed by atoms with Crippen LogP contribution in [-0.2, 0) is 13.1 Å². The first-order valence-corrected chi connectivity index (χ1v) is 23.5. The van der Waals surface area contributed by atoms with E-state index in [1.54, 1.807) is 0 Å². The molecule has 0 aliphatic heterocycles. The lowest BCUT2D eigenvalue weighted by Crippen LogP contribution is -1.94. The minimum Gasteiger partial charge on any atom is -0.329 e. The molecule has 286 valence electrons. The van der Waals surface area contributed by atoms with Crippen molar-refractivity contribution in [2.24, 2.45) is 0 Å². The van der Waals surface area contributed by atoms with E-state index in [4.69, 9.17) is 0 Å². The molecule has 56 heavy (non-hydrogen) atoms. The number of para-hydroxylation sites is 4. The molecule has 0 fully saturated rings. The van der Waals surface area contributed by atoms with Gasteiger partial charge in [-0.3, -0.25) is 0 Å². The maximum Gasteiger partial charge on any atom is 0.0853 e. The Kier molecular flexibility index (Phi) is 17.7. The van der Waals surface area contributed by atoms with E-state index in [0.29, 0.717) is 13.1 Å². The summed E-state index contributed by atoms with van der Waals surface area (Å²) in [5, 5.41) is 5.16. The summed E-state index contributed by atoms with van der Waals surface area (Å²) >= 11 is 0. The molecule has 0 saturated carbocycles. The van der Waals surface area contributed by atoms with Crippen LogP contribution < -0.4 is 0 Å². The second kappa shape index (κ2) is 24.1. The molecule has 2 nitrogen and oxygen atoms in total. The van der Waals surface area contributed by atoms with Crippen LogP contribution in [0.15, 0.2) is 97.1 Å². The fraction of sp³-hybridized carbons (Fsp3) is 0.385. The van der Waals surface area contributed by atoms with Crippen molar-refractivity contribution < 1.29 is 0 Å². The van der Waals surface area contributed by atoms with Crippen LogP contribution in [0.1, 0.15) is 103 Å². The summed E-state index contributed by atoms with van der Waals surface area (Å²) in [5.74, 6) is 28.0. The minimum absolute atomic E-state index is 0.671. The van der Waals surface area contributed by atoms with Gasteiger partial charge in [-0.2, -0.15) is 0 Å². The van der Waals surface area contributed by atoms with E-state index in [1.807, 2.05) is 0 Å². The summed E-state index contributed by atoms with van der Waals surface area (Å²) < 4.78 is 4.60. The third-order valence-electron chi connectivity index (χ3n) is 10.5. The van der Waals surface area contributed by atoms with E-state index in [-0.39, 0.29) is 0 Å². The van der Waals surface area contributed by atoms with Gasteiger partial charge in [0.05, 0.1) is 13.1 Å². The monoisotopic (exact) mass is 772 g/mol. The van der Waals surface area contributed by atoms with E-state index < -0.39 is 0 Å². The van der Waals surface area contributed by atoms with Crippen molar-refractivity contribution in [1.82, 2.24) is 9.13 Å². The maximum atomic E-state index is 3.28. The van der Waals surface area contributed by atoms with Gasteiger partial charge in [0, 0.05) is 68.0 Å². The van der Waals surface area contributed by atoms with Crippen LogP contribution in [0.25, 0.3) is 43.6 Å². The highest BCUT2D eigenvalue weighted by atomic mass is 33.1. The highest BCUT2D eigenvalue weighted by molar-refractivity contribution is 8.76. The third kappa shape index (κ3) is 12.5. The first-order chi connectivity index (χ1) is 27.9. The number of rotatable bonds is 21. The molecule has 6 aromatic rings.